The van der Waals surface area contributed by atoms with Crippen LogP contribution in [0.15, 0.2) is 41.8 Å². The van der Waals surface area contributed by atoms with Gasteiger partial charge in [-0.15, -0.1) is 22.7 Å². The Kier molecular flexibility index (Phi) is 4.08. The van der Waals surface area contributed by atoms with Gasteiger partial charge in [-0.25, -0.2) is 4.98 Å². The summed E-state index contributed by atoms with van der Waals surface area (Å²) >= 11 is 3.09. The second kappa shape index (κ2) is 6.37. The number of amides is 1. The van der Waals surface area contributed by atoms with Crippen LogP contribution < -0.4 is 10.1 Å². The number of thiazole rings is 1. The van der Waals surface area contributed by atoms with Gasteiger partial charge in [0.1, 0.15) is 15.6 Å². The molecule has 4 nitrogen and oxygen atoms in total. The molecule has 0 bridgehead atoms. The molecule has 0 fully saturated rings. The van der Waals surface area contributed by atoms with Crippen molar-refractivity contribution in [2.75, 3.05) is 6.61 Å². The van der Waals surface area contributed by atoms with E-state index < -0.39 is 0 Å². The van der Waals surface area contributed by atoms with Gasteiger partial charge < -0.3 is 10.1 Å². The smallest absolute Gasteiger partial charge is 0.263 e. The minimum Gasteiger partial charge on any atom is -0.493 e. The number of nitrogens with zero attached hydrogens (tertiary/aromatic N) is 1. The van der Waals surface area contributed by atoms with E-state index in [1.807, 2.05) is 48.7 Å². The highest BCUT2D eigenvalue weighted by molar-refractivity contribution is 7.22. The number of aromatic nitrogens is 1. The van der Waals surface area contributed by atoms with E-state index in [2.05, 4.69) is 10.3 Å². The van der Waals surface area contributed by atoms with E-state index in [1.165, 1.54) is 11.3 Å². The molecule has 0 aliphatic carbocycles. The molecule has 24 heavy (non-hydrogen) atoms. The second-order valence-electron chi connectivity index (χ2n) is 5.61. The van der Waals surface area contributed by atoms with Gasteiger partial charge in [0.2, 0.25) is 0 Å². The van der Waals surface area contributed by atoms with Gasteiger partial charge in [-0.2, -0.15) is 0 Å². The SMILES string of the molecule is Cc1nc(-c2cccs2)sc1C(=O)N[C@@H]1CCOc2ccccc21. The number of para-hydroxylation sites is 1. The van der Waals surface area contributed by atoms with E-state index in [0.29, 0.717) is 11.5 Å². The Morgan fingerprint density at radius 1 is 1.29 bits per heavy atom. The minimum absolute atomic E-state index is 0.0193. The molecule has 1 N–H and O–H groups in total. The topological polar surface area (TPSA) is 51.2 Å². The Balaban J connectivity index is 1.57. The van der Waals surface area contributed by atoms with Crippen LogP contribution in [0.25, 0.3) is 9.88 Å². The summed E-state index contributed by atoms with van der Waals surface area (Å²) in [7, 11) is 0. The molecule has 3 heterocycles. The lowest BCUT2D eigenvalue weighted by molar-refractivity contribution is 0.0928. The summed E-state index contributed by atoms with van der Waals surface area (Å²) in [6.07, 6.45) is 0.776. The number of nitrogens with one attached hydrogen (secondary N) is 1. The number of carbonyl (C=O) groups excluding carboxylic acids is 1. The van der Waals surface area contributed by atoms with Gasteiger partial charge in [0.25, 0.3) is 5.91 Å². The summed E-state index contributed by atoms with van der Waals surface area (Å²) in [6.45, 7) is 2.50. The van der Waals surface area contributed by atoms with Crippen molar-refractivity contribution in [1.29, 1.82) is 0 Å². The van der Waals surface area contributed by atoms with Gasteiger partial charge >= 0.3 is 0 Å². The lowest BCUT2D eigenvalue weighted by Crippen LogP contribution is -2.32. The second-order valence-corrected chi connectivity index (χ2v) is 7.56. The molecule has 1 aliphatic rings. The van der Waals surface area contributed by atoms with Crippen LogP contribution in [0.4, 0.5) is 0 Å². The zero-order valence-electron chi connectivity index (χ0n) is 13.1. The molecule has 4 rings (SSSR count). The maximum atomic E-state index is 12.7. The fourth-order valence-corrected chi connectivity index (χ4v) is 4.59. The predicted molar refractivity (Wildman–Crippen MR) is 96.9 cm³/mol. The third-order valence-corrected chi connectivity index (χ3v) is 6.19. The molecule has 1 atom stereocenters. The molecular formula is C18H16N2O2S2. The summed E-state index contributed by atoms with van der Waals surface area (Å²) in [5.74, 6) is 0.795. The zero-order valence-corrected chi connectivity index (χ0v) is 14.7. The first-order chi connectivity index (χ1) is 11.7. The first-order valence-corrected chi connectivity index (χ1v) is 9.46. The van der Waals surface area contributed by atoms with Gasteiger partial charge in [0.05, 0.1) is 23.2 Å². The largest absolute Gasteiger partial charge is 0.493 e. The van der Waals surface area contributed by atoms with E-state index >= 15 is 0 Å². The fourth-order valence-electron chi connectivity index (χ4n) is 2.83. The maximum absolute atomic E-state index is 12.7. The van der Waals surface area contributed by atoms with Gasteiger partial charge in [-0.05, 0) is 24.4 Å². The van der Waals surface area contributed by atoms with Crippen LogP contribution in [0, 0.1) is 6.92 Å². The molecule has 2 aromatic heterocycles. The van der Waals surface area contributed by atoms with Gasteiger partial charge in [-0.3, -0.25) is 4.79 Å². The quantitative estimate of drug-likeness (QED) is 0.755. The first-order valence-electron chi connectivity index (χ1n) is 7.76. The number of rotatable bonds is 3. The van der Waals surface area contributed by atoms with Crippen molar-refractivity contribution in [3.63, 3.8) is 0 Å². The molecule has 122 valence electrons. The molecule has 3 aromatic rings. The lowest BCUT2D eigenvalue weighted by Gasteiger charge is -2.26. The first kappa shape index (κ1) is 15.4. The van der Waals surface area contributed by atoms with Crippen molar-refractivity contribution in [2.24, 2.45) is 0 Å². The van der Waals surface area contributed by atoms with Crippen molar-refractivity contribution in [1.82, 2.24) is 10.3 Å². The van der Waals surface area contributed by atoms with E-state index in [-0.39, 0.29) is 11.9 Å². The fraction of sp³-hybridized carbons (Fsp3) is 0.222. The third kappa shape index (κ3) is 2.83. The highest BCUT2D eigenvalue weighted by atomic mass is 32.1. The van der Waals surface area contributed by atoms with Crippen LogP contribution in [0.2, 0.25) is 0 Å². The van der Waals surface area contributed by atoms with Crippen molar-refractivity contribution in [3.05, 3.63) is 57.9 Å². The molecule has 0 saturated heterocycles. The number of aryl methyl sites for hydroxylation is 1. The van der Waals surface area contributed by atoms with Gasteiger partial charge in [0.15, 0.2) is 0 Å². The van der Waals surface area contributed by atoms with Gasteiger partial charge in [0, 0.05) is 12.0 Å². The van der Waals surface area contributed by atoms with Crippen LogP contribution in [0.1, 0.15) is 33.4 Å². The molecule has 0 saturated carbocycles. The van der Waals surface area contributed by atoms with Crippen LogP contribution >= 0.6 is 22.7 Å². The van der Waals surface area contributed by atoms with Crippen LogP contribution in [-0.4, -0.2) is 17.5 Å². The number of hydrogen-bond acceptors (Lipinski definition) is 5. The highest BCUT2D eigenvalue weighted by Crippen LogP contribution is 2.34. The average Bonchev–Trinajstić information content (AvgIpc) is 3.24. The number of thiophene rings is 1. The van der Waals surface area contributed by atoms with E-state index in [1.54, 1.807) is 11.3 Å². The Morgan fingerprint density at radius 2 is 2.17 bits per heavy atom. The van der Waals surface area contributed by atoms with Crippen molar-refractivity contribution in [2.45, 2.75) is 19.4 Å². The number of hydrogen-bond donors (Lipinski definition) is 1. The van der Waals surface area contributed by atoms with E-state index in [0.717, 1.165) is 33.3 Å². The molecular weight excluding hydrogens is 340 g/mol. The van der Waals surface area contributed by atoms with Crippen LogP contribution in [0.3, 0.4) is 0 Å². The van der Waals surface area contributed by atoms with E-state index in [9.17, 15) is 4.79 Å². The molecule has 6 heteroatoms. The lowest BCUT2D eigenvalue weighted by atomic mass is 10.0. The molecule has 0 unspecified atom stereocenters. The van der Waals surface area contributed by atoms with Gasteiger partial charge in [-0.1, -0.05) is 24.3 Å². The molecule has 1 aliphatic heterocycles. The van der Waals surface area contributed by atoms with Crippen LogP contribution in [0.5, 0.6) is 5.75 Å². The maximum Gasteiger partial charge on any atom is 0.263 e. The van der Waals surface area contributed by atoms with Crippen molar-refractivity contribution >= 4 is 28.6 Å². The third-order valence-electron chi connectivity index (χ3n) is 4.00. The molecule has 0 spiro atoms. The average molecular weight is 356 g/mol. The summed E-state index contributed by atoms with van der Waals surface area (Å²) in [6, 6.07) is 11.9. The number of benzene rings is 1. The Labute approximate surface area is 148 Å². The Bertz CT molecular complexity index is 871. The minimum atomic E-state index is -0.0606. The summed E-state index contributed by atoms with van der Waals surface area (Å²) in [5, 5.41) is 6.07. The van der Waals surface area contributed by atoms with Crippen LogP contribution in [-0.2, 0) is 0 Å². The van der Waals surface area contributed by atoms with Crippen molar-refractivity contribution in [3.8, 4) is 15.6 Å². The number of ether oxygens (including phenoxy) is 1. The number of fused-ring (bicyclic) bond motifs is 1. The Hall–Kier alpha value is -2.18. The predicted octanol–water partition coefficient (Wildman–Crippen LogP) is 4.43. The normalized spacial score (nSPS) is 16.3. The van der Waals surface area contributed by atoms with E-state index in [4.69, 9.17) is 4.74 Å². The van der Waals surface area contributed by atoms with Crippen molar-refractivity contribution < 1.29 is 9.53 Å². The Morgan fingerprint density at radius 3 is 3.00 bits per heavy atom. The standard InChI is InChI=1S/C18H16N2O2S2/c1-11-16(24-18(19-11)15-7-4-10-23-15)17(21)20-13-8-9-22-14-6-3-2-5-12(13)14/h2-7,10,13H,8-9H2,1H3,(H,20,21)/t13-/m1/s1. The molecule has 1 aromatic carbocycles. The number of carbonyl (C=O) groups is 1. The molecule has 0 radical (unpaired) electrons. The zero-order chi connectivity index (χ0) is 16.5. The summed E-state index contributed by atoms with van der Waals surface area (Å²) < 4.78 is 5.66. The summed E-state index contributed by atoms with van der Waals surface area (Å²) in [5.41, 5.74) is 1.82. The highest BCUT2D eigenvalue weighted by Gasteiger charge is 2.25. The summed E-state index contributed by atoms with van der Waals surface area (Å²) in [4.78, 5) is 19.1. The molecule has 1 amide bonds. The monoisotopic (exact) mass is 356 g/mol.